The van der Waals surface area contributed by atoms with Crippen molar-refractivity contribution in [1.29, 1.82) is 5.26 Å². The number of nitrogens with zero attached hydrogens (tertiary/aromatic N) is 3. The zero-order valence-electron chi connectivity index (χ0n) is 16.2. The number of amides is 2. The number of piperazine rings is 1. The molecule has 1 aliphatic heterocycles. The molecule has 1 fully saturated rings. The third-order valence-corrected chi connectivity index (χ3v) is 4.93. The predicted molar refractivity (Wildman–Crippen MR) is 109 cm³/mol. The Kier molecular flexibility index (Phi) is 5.36. The molecule has 5 nitrogen and oxygen atoms in total. The maximum atomic E-state index is 12.5. The first-order valence-electron chi connectivity index (χ1n) is 9.28. The molecule has 0 unspecified atom stereocenters. The standard InChI is InChI=1S/C22H26N4O/c1-22(2,3)18-6-8-19(9-7-18)24-21(27)26-14-12-25(13-15-26)20-10-4-17(16-23)5-11-20/h4-11H,12-15H2,1-3H3,(H,24,27). The Balaban J connectivity index is 1.54. The number of anilines is 2. The molecule has 3 rings (SSSR count). The topological polar surface area (TPSA) is 59.4 Å². The Morgan fingerprint density at radius 1 is 0.963 bits per heavy atom. The van der Waals surface area contributed by atoms with Crippen molar-refractivity contribution in [3.63, 3.8) is 0 Å². The van der Waals surface area contributed by atoms with Crippen LogP contribution in [0.3, 0.4) is 0 Å². The summed E-state index contributed by atoms with van der Waals surface area (Å²) in [6.07, 6.45) is 0. The fourth-order valence-corrected chi connectivity index (χ4v) is 3.17. The zero-order chi connectivity index (χ0) is 19.4. The number of hydrogen-bond acceptors (Lipinski definition) is 3. The van der Waals surface area contributed by atoms with Crippen LogP contribution < -0.4 is 10.2 Å². The predicted octanol–water partition coefficient (Wildman–Crippen LogP) is 4.21. The normalized spacial score (nSPS) is 14.6. The van der Waals surface area contributed by atoms with Crippen molar-refractivity contribution in [1.82, 2.24) is 4.90 Å². The van der Waals surface area contributed by atoms with E-state index in [9.17, 15) is 4.79 Å². The average molecular weight is 362 g/mol. The van der Waals surface area contributed by atoms with Crippen molar-refractivity contribution < 1.29 is 4.79 Å². The molecule has 5 heteroatoms. The number of benzene rings is 2. The molecule has 0 atom stereocenters. The molecule has 0 aliphatic carbocycles. The van der Waals surface area contributed by atoms with E-state index in [1.165, 1.54) is 5.56 Å². The van der Waals surface area contributed by atoms with Gasteiger partial charge in [-0.25, -0.2) is 4.79 Å². The summed E-state index contributed by atoms with van der Waals surface area (Å²) in [7, 11) is 0. The third kappa shape index (κ3) is 4.59. The number of nitrogens with one attached hydrogen (secondary N) is 1. The largest absolute Gasteiger partial charge is 0.368 e. The van der Waals surface area contributed by atoms with E-state index in [-0.39, 0.29) is 11.4 Å². The molecule has 0 saturated carbocycles. The summed E-state index contributed by atoms with van der Waals surface area (Å²) in [6, 6.07) is 17.7. The molecule has 1 aliphatic rings. The van der Waals surface area contributed by atoms with Crippen LogP contribution in [0.1, 0.15) is 31.9 Å². The zero-order valence-corrected chi connectivity index (χ0v) is 16.2. The van der Waals surface area contributed by atoms with Crippen molar-refractivity contribution in [2.45, 2.75) is 26.2 Å². The quantitative estimate of drug-likeness (QED) is 0.870. The highest BCUT2D eigenvalue weighted by Gasteiger charge is 2.21. The van der Waals surface area contributed by atoms with E-state index in [1.807, 2.05) is 41.3 Å². The van der Waals surface area contributed by atoms with Gasteiger partial charge in [0.2, 0.25) is 0 Å². The second kappa shape index (κ2) is 7.71. The Morgan fingerprint density at radius 3 is 2.07 bits per heavy atom. The van der Waals surface area contributed by atoms with Gasteiger partial charge in [-0.2, -0.15) is 5.26 Å². The van der Waals surface area contributed by atoms with Crippen LogP contribution >= 0.6 is 0 Å². The first kappa shape index (κ1) is 18.8. The van der Waals surface area contributed by atoms with Gasteiger partial charge < -0.3 is 15.1 Å². The summed E-state index contributed by atoms with van der Waals surface area (Å²) in [6.45, 7) is 9.43. The third-order valence-electron chi connectivity index (χ3n) is 4.93. The molecule has 0 radical (unpaired) electrons. The van der Waals surface area contributed by atoms with E-state index in [2.05, 4.69) is 49.2 Å². The maximum Gasteiger partial charge on any atom is 0.321 e. The van der Waals surface area contributed by atoms with E-state index < -0.39 is 0 Å². The number of carbonyl (C=O) groups excluding carboxylic acids is 1. The number of rotatable bonds is 2. The van der Waals surface area contributed by atoms with Gasteiger partial charge in [-0.1, -0.05) is 32.9 Å². The SMILES string of the molecule is CC(C)(C)c1ccc(NC(=O)N2CCN(c3ccc(C#N)cc3)CC2)cc1. The van der Waals surface area contributed by atoms with E-state index in [0.717, 1.165) is 24.5 Å². The molecule has 0 spiro atoms. The van der Waals surface area contributed by atoms with Gasteiger partial charge in [0, 0.05) is 37.6 Å². The van der Waals surface area contributed by atoms with Crippen LogP contribution in [0, 0.1) is 11.3 Å². The highest BCUT2D eigenvalue weighted by Crippen LogP contribution is 2.24. The minimum atomic E-state index is -0.0574. The van der Waals surface area contributed by atoms with Gasteiger partial charge >= 0.3 is 6.03 Å². The number of nitriles is 1. The smallest absolute Gasteiger partial charge is 0.321 e. The molecule has 2 aromatic rings. The van der Waals surface area contributed by atoms with Gasteiger partial charge in [-0.15, -0.1) is 0 Å². The van der Waals surface area contributed by atoms with Crippen molar-refractivity contribution in [3.8, 4) is 6.07 Å². The average Bonchev–Trinajstić information content (AvgIpc) is 2.68. The van der Waals surface area contributed by atoms with Crippen LogP contribution in [-0.4, -0.2) is 37.1 Å². The first-order chi connectivity index (χ1) is 12.9. The molecule has 2 amide bonds. The minimum Gasteiger partial charge on any atom is -0.368 e. The second-order valence-corrected chi connectivity index (χ2v) is 7.89. The summed E-state index contributed by atoms with van der Waals surface area (Å²) in [5.41, 5.74) is 3.92. The highest BCUT2D eigenvalue weighted by atomic mass is 16.2. The first-order valence-corrected chi connectivity index (χ1v) is 9.28. The van der Waals surface area contributed by atoms with Crippen LogP contribution in [0.5, 0.6) is 0 Å². The maximum absolute atomic E-state index is 12.5. The number of carbonyl (C=O) groups is 1. The lowest BCUT2D eigenvalue weighted by Gasteiger charge is -2.36. The van der Waals surface area contributed by atoms with Crippen LogP contribution in [0.2, 0.25) is 0 Å². The fourth-order valence-electron chi connectivity index (χ4n) is 3.17. The molecule has 1 heterocycles. The summed E-state index contributed by atoms with van der Waals surface area (Å²) in [4.78, 5) is 16.6. The lowest BCUT2D eigenvalue weighted by atomic mass is 9.87. The lowest BCUT2D eigenvalue weighted by molar-refractivity contribution is 0.208. The van der Waals surface area contributed by atoms with E-state index in [1.54, 1.807) is 0 Å². The molecule has 27 heavy (non-hydrogen) atoms. The summed E-state index contributed by atoms with van der Waals surface area (Å²) >= 11 is 0. The Morgan fingerprint density at radius 2 is 1.56 bits per heavy atom. The fraction of sp³-hybridized carbons (Fsp3) is 0.364. The second-order valence-electron chi connectivity index (χ2n) is 7.89. The van der Waals surface area contributed by atoms with Crippen LogP contribution in [0.15, 0.2) is 48.5 Å². The number of hydrogen-bond donors (Lipinski definition) is 1. The van der Waals surface area contributed by atoms with E-state index in [0.29, 0.717) is 18.7 Å². The molecule has 1 N–H and O–H groups in total. The Labute approximate surface area is 161 Å². The highest BCUT2D eigenvalue weighted by molar-refractivity contribution is 5.89. The summed E-state index contributed by atoms with van der Waals surface area (Å²) < 4.78 is 0. The monoisotopic (exact) mass is 362 g/mol. The van der Waals surface area contributed by atoms with Crippen LogP contribution in [0.4, 0.5) is 16.2 Å². The van der Waals surface area contributed by atoms with Crippen molar-refractivity contribution in [3.05, 3.63) is 59.7 Å². The molecular weight excluding hydrogens is 336 g/mol. The Hall–Kier alpha value is -3.00. The summed E-state index contributed by atoms with van der Waals surface area (Å²) in [5, 5.41) is 11.9. The van der Waals surface area contributed by atoms with Gasteiger partial charge in [0.15, 0.2) is 0 Å². The van der Waals surface area contributed by atoms with E-state index >= 15 is 0 Å². The number of urea groups is 1. The van der Waals surface area contributed by atoms with Crippen molar-refractivity contribution in [2.24, 2.45) is 0 Å². The lowest BCUT2D eigenvalue weighted by Crippen LogP contribution is -2.50. The van der Waals surface area contributed by atoms with E-state index in [4.69, 9.17) is 5.26 Å². The van der Waals surface area contributed by atoms with Gasteiger partial charge in [0.25, 0.3) is 0 Å². The minimum absolute atomic E-state index is 0.0574. The molecule has 140 valence electrons. The Bertz CT molecular complexity index is 821. The van der Waals surface area contributed by atoms with Gasteiger partial charge in [0.05, 0.1) is 11.6 Å². The van der Waals surface area contributed by atoms with Gasteiger partial charge in [-0.05, 0) is 47.4 Å². The summed E-state index contributed by atoms with van der Waals surface area (Å²) in [5.74, 6) is 0. The van der Waals surface area contributed by atoms with Crippen LogP contribution in [0.25, 0.3) is 0 Å². The molecule has 1 saturated heterocycles. The molecular formula is C22H26N4O. The van der Waals surface area contributed by atoms with Crippen molar-refractivity contribution >= 4 is 17.4 Å². The van der Waals surface area contributed by atoms with Gasteiger partial charge in [-0.3, -0.25) is 0 Å². The molecule has 0 bridgehead atoms. The van der Waals surface area contributed by atoms with Crippen molar-refractivity contribution in [2.75, 3.05) is 36.4 Å². The van der Waals surface area contributed by atoms with Crippen LogP contribution in [-0.2, 0) is 5.41 Å². The molecule has 0 aromatic heterocycles. The molecule has 2 aromatic carbocycles. The van der Waals surface area contributed by atoms with Gasteiger partial charge in [0.1, 0.15) is 0 Å².